The first-order valence-electron chi connectivity index (χ1n) is 6.09. The molecule has 0 N–H and O–H groups in total. The van der Waals surface area contributed by atoms with Crippen molar-refractivity contribution in [3.63, 3.8) is 0 Å². The van der Waals surface area contributed by atoms with Gasteiger partial charge in [0.05, 0.1) is 20.7 Å². The highest BCUT2D eigenvalue weighted by Gasteiger charge is 2.14. The van der Waals surface area contributed by atoms with E-state index in [1.54, 1.807) is 28.9 Å². The molecule has 0 aliphatic carbocycles. The molecule has 0 aliphatic heterocycles. The average Bonchev–Trinajstić information content (AvgIpc) is 3.14. The first-order valence-corrected chi connectivity index (χ1v) is 8.65. The van der Waals surface area contributed by atoms with Gasteiger partial charge in [0.1, 0.15) is 0 Å². The average molecular weight is 371 g/mol. The van der Waals surface area contributed by atoms with Crippen LogP contribution in [-0.4, -0.2) is 31.7 Å². The van der Waals surface area contributed by atoms with Crippen molar-refractivity contribution >= 4 is 52.1 Å². The van der Waals surface area contributed by atoms with Gasteiger partial charge in [-0.05, 0) is 46.8 Å². The molecule has 3 rings (SSSR count). The van der Waals surface area contributed by atoms with E-state index in [2.05, 4.69) is 15.5 Å². The number of hydrogen-bond donors (Lipinski definition) is 0. The van der Waals surface area contributed by atoms with Crippen molar-refractivity contribution in [2.75, 3.05) is 5.75 Å². The lowest BCUT2D eigenvalue weighted by Crippen LogP contribution is -2.03. The van der Waals surface area contributed by atoms with Crippen LogP contribution in [0.2, 0.25) is 9.36 Å². The Hall–Kier alpha value is -1.41. The highest BCUT2D eigenvalue weighted by Crippen LogP contribution is 2.25. The van der Waals surface area contributed by atoms with E-state index in [1.807, 2.05) is 12.1 Å². The van der Waals surface area contributed by atoms with Crippen LogP contribution < -0.4 is 0 Å². The summed E-state index contributed by atoms with van der Waals surface area (Å²) in [7, 11) is 0. The van der Waals surface area contributed by atoms with Crippen molar-refractivity contribution in [1.29, 1.82) is 0 Å². The van der Waals surface area contributed by atoms with E-state index in [4.69, 9.17) is 23.2 Å². The van der Waals surface area contributed by atoms with Gasteiger partial charge in [0.15, 0.2) is 5.78 Å². The zero-order chi connectivity index (χ0) is 15.5. The number of tetrazole rings is 1. The van der Waals surface area contributed by atoms with Crippen molar-refractivity contribution in [1.82, 2.24) is 20.2 Å². The predicted molar refractivity (Wildman–Crippen MR) is 88.5 cm³/mol. The van der Waals surface area contributed by atoms with Crippen LogP contribution >= 0.6 is 46.3 Å². The number of aromatic nitrogens is 4. The smallest absolute Gasteiger partial charge is 0.214 e. The van der Waals surface area contributed by atoms with E-state index in [1.165, 1.54) is 23.1 Å². The van der Waals surface area contributed by atoms with Crippen molar-refractivity contribution in [3.8, 4) is 5.69 Å². The second kappa shape index (κ2) is 6.78. The summed E-state index contributed by atoms with van der Waals surface area (Å²) in [4.78, 5) is 12.7. The molecule has 0 amide bonds. The fourth-order valence-electron chi connectivity index (χ4n) is 1.68. The lowest BCUT2D eigenvalue weighted by Gasteiger charge is -2.03. The van der Waals surface area contributed by atoms with Crippen LogP contribution in [0.15, 0.2) is 41.6 Å². The quantitative estimate of drug-likeness (QED) is 0.501. The van der Waals surface area contributed by atoms with Gasteiger partial charge in [-0.1, -0.05) is 35.0 Å². The topological polar surface area (TPSA) is 60.7 Å². The third-order valence-electron chi connectivity index (χ3n) is 2.69. The Labute approximate surface area is 144 Å². The maximum Gasteiger partial charge on any atom is 0.214 e. The Morgan fingerprint density at radius 1 is 1.18 bits per heavy atom. The minimum Gasteiger partial charge on any atom is -0.292 e. The van der Waals surface area contributed by atoms with Crippen molar-refractivity contribution in [2.45, 2.75) is 5.16 Å². The molecule has 3 aromatic rings. The number of carbonyl (C=O) groups excluding carboxylic acids is 1. The molecule has 0 atom stereocenters. The Morgan fingerprint density at radius 2 is 1.95 bits per heavy atom. The van der Waals surface area contributed by atoms with Crippen LogP contribution in [0.3, 0.4) is 0 Å². The number of benzene rings is 1. The summed E-state index contributed by atoms with van der Waals surface area (Å²) in [6.07, 6.45) is 0. The SMILES string of the molecule is O=C(CSc1nnnn1-c1ccc(Cl)cc1)c1ccc(Cl)s1. The predicted octanol–water partition coefficient (Wildman–Crippen LogP) is 4.01. The molecule has 0 spiro atoms. The molecule has 0 fully saturated rings. The van der Waals surface area contributed by atoms with Crippen LogP contribution in [-0.2, 0) is 0 Å². The summed E-state index contributed by atoms with van der Waals surface area (Å²) in [6, 6.07) is 10.6. The van der Waals surface area contributed by atoms with Crippen molar-refractivity contribution in [2.24, 2.45) is 0 Å². The molecule has 0 radical (unpaired) electrons. The monoisotopic (exact) mass is 370 g/mol. The molecular formula is C13H8Cl2N4OS2. The Bertz CT molecular complexity index is 800. The van der Waals surface area contributed by atoms with Crippen LogP contribution in [0, 0.1) is 0 Å². The van der Waals surface area contributed by atoms with E-state index >= 15 is 0 Å². The second-order valence-corrected chi connectivity index (χ2v) is 7.26. The molecular weight excluding hydrogens is 363 g/mol. The molecule has 0 bridgehead atoms. The van der Waals surface area contributed by atoms with Gasteiger partial charge in [-0.15, -0.1) is 16.4 Å². The molecule has 5 nitrogen and oxygen atoms in total. The second-order valence-electron chi connectivity index (χ2n) is 4.17. The molecule has 22 heavy (non-hydrogen) atoms. The molecule has 0 unspecified atom stereocenters. The third kappa shape index (κ3) is 3.49. The van der Waals surface area contributed by atoms with Gasteiger partial charge >= 0.3 is 0 Å². The largest absolute Gasteiger partial charge is 0.292 e. The van der Waals surface area contributed by atoms with E-state index < -0.39 is 0 Å². The molecule has 9 heteroatoms. The number of halogens is 2. The number of carbonyl (C=O) groups is 1. The van der Waals surface area contributed by atoms with Crippen LogP contribution in [0.5, 0.6) is 0 Å². The van der Waals surface area contributed by atoms with Gasteiger partial charge < -0.3 is 0 Å². The Balaban J connectivity index is 1.73. The van der Waals surface area contributed by atoms with Gasteiger partial charge in [0.25, 0.3) is 0 Å². The van der Waals surface area contributed by atoms with Gasteiger partial charge in [-0.3, -0.25) is 4.79 Å². The zero-order valence-corrected chi connectivity index (χ0v) is 14.1. The van der Waals surface area contributed by atoms with Gasteiger partial charge in [0, 0.05) is 5.02 Å². The molecule has 0 saturated heterocycles. The summed E-state index contributed by atoms with van der Waals surface area (Å²) in [5.74, 6) is 0.234. The lowest BCUT2D eigenvalue weighted by molar-refractivity contribution is 0.102. The normalized spacial score (nSPS) is 10.8. The minimum atomic E-state index is -0.00689. The van der Waals surface area contributed by atoms with Gasteiger partial charge in [0.2, 0.25) is 5.16 Å². The molecule has 0 saturated carbocycles. The van der Waals surface area contributed by atoms with Gasteiger partial charge in [-0.25, -0.2) is 0 Å². The first kappa shape index (κ1) is 15.5. The van der Waals surface area contributed by atoms with E-state index in [9.17, 15) is 4.79 Å². The summed E-state index contributed by atoms with van der Waals surface area (Å²) < 4.78 is 2.16. The first-order chi connectivity index (χ1) is 10.6. The molecule has 2 aromatic heterocycles. The molecule has 2 heterocycles. The minimum absolute atomic E-state index is 0.00689. The molecule has 0 aliphatic rings. The maximum absolute atomic E-state index is 12.1. The Kier molecular flexibility index (Phi) is 4.77. The Morgan fingerprint density at radius 3 is 2.64 bits per heavy atom. The van der Waals surface area contributed by atoms with Crippen LogP contribution in [0.4, 0.5) is 0 Å². The fraction of sp³-hybridized carbons (Fsp3) is 0.0769. The van der Waals surface area contributed by atoms with Crippen LogP contribution in [0.1, 0.15) is 9.67 Å². The summed E-state index contributed by atoms with van der Waals surface area (Å²) in [5.41, 5.74) is 0.781. The standard InChI is InChI=1S/C13H8Cl2N4OS2/c14-8-1-3-9(4-2-8)19-13(16-17-18-19)21-7-10(20)11-5-6-12(15)22-11/h1-6H,7H2. The van der Waals surface area contributed by atoms with Crippen LogP contribution in [0.25, 0.3) is 5.69 Å². The van der Waals surface area contributed by atoms with Crippen molar-refractivity contribution < 1.29 is 4.79 Å². The highest BCUT2D eigenvalue weighted by molar-refractivity contribution is 7.99. The summed E-state index contributed by atoms with van der Waals surface area (Å²) >= 11 is 14.2. The number of rotatable bonds is 5. The third-order valence-corrected chi connectivity index (χ3v) is 5.14. The number of hydrogen-bond acceptors (Lipinski definition) is 6. The zero-order valence-electron chi connectivity index (χ0n) is 10.9. The number of Topliss-reactive ketones (excluding diaryl/α,β-unsaturated/α-hetero) is 1. The van der Waals surface area contributed by atoms with E-state index in [-0.39, 0.29) is 11.5 Å². The fourth-order valence-corrected chi connectivity index (χ4v) is 3.65. The number of thiophene rings is 1. The maximum atomic E-state index is 12.1. The summed E-state index contributed by atoms with van der Waals surface area (Å²) in [5, 5.41) is 12.7. The molecule has 1 aromatic carbocycles. The molecule has 112 valence electrons. The van der Waals surface area contributed by atoms with E-state index in [0.29, 0.717) is 19.4 Å². The van der Waals surface area contributed by atoms with Crippen molar-refractivity contribution in [3.05, 3.63) is 50.6 Å². The van der Waals surface area contributed by atoms with E-state index in [0.717, 1.165) is 5.69 Å². The van der Waals surface area contributed by atoms with Gasteiger partial charge in [-0.2, -0.15) is 4.68 Å². The summed E-state index contributed by atoms with van der Waals surface area (Å²) in [6.45, 7) is 0. The highest BCUT2D eigenvalue weighted by atomic mass is 35.5. The lowest BCUT2D eigenvalue weighted by atomic mass is 10.3. The number of nitrogens with zero attached hydrogens (tertiary/aromatic N) is 4. The number of ketones is 1. The number of thioether (sulfide) groups is 1.